The molecule has 0 bridgehead atoms. The smallest absolute Gasteiger partial charge is 0.303 e. The summed E-state index contributed by atoms with van der Waals surface area (Å²) < 4.78 is 63.5. The van der Waals surface area contributed by atoms with E-state index in [0.29, 0.717) is 10.8 Å². The Bertz CT molecular complexity index is 2020. The molecule has 0 radical (unpaired) electrons. The third kappa shape index (κ3) is 19.4. The Kier molecular flexibility index (Phi) is 24.7. The van der Waals surface area contributed by atoms with Crippen LogP contribution in [0, 0.1) is 0 Å². The van der Waals surface area contributed by atoms with E-state index in [2.05, 4.69) is 10.6 Å². The third-order valence-electron chi connectivity index (χ3n) is 9.84. The normalized spacial score (nSPS) is 30.1. The first-order valence-corrected chi connectivity index (χ1v) is 23.2. The van der Waals surface area contributed by atoms with Crippen LogP contribution in [-0.4, -0.2) is 179 Å². The minimum atomic E-state index is -2.08. The quantitative estimate of drug-likeness (QED) is 0.0312. The number of nitrogens with one attached hydrogen (secondary N) is 3. The number of ether oxygens (including phenoxy) is 12. The Morgan fingerprint density at radius 2 is 1.06 bits per heavy atom. The zero-order valence-electron chi connectivity index (χ0n) is 40.1. The van der Waals surface area contributed by atoms with E-state index in [-0.39, 0.29) is 12.2 Å². The Morgan fingerprint density at radius 1 is 0.611 bits per heavy atom. The Balaban J connectivity index is 0.000000412. The van der Waals surface area contributed by atoms with Crippen LogP contribution in [0.25, 0.3) is 0 Å². The number of anilines is 1. The first-order chi connectivity index (χ1) is 33.7. The second-order valence-corrected chi connectivity index (χ2v) is 18.3. The van der Waals surface area contributed by atoms with E-state index in [1.807, 2.05) is 5.48 Å². The maximum Gasteiger partial charge on any atom is 0.303 e. The number of benzene rings is 1. The van der Waals surface area contributed by atoms with Crippen molar-refractivity contribution >= 4 is 99.6 Å². The number of carbonyl (C=O) groups excluding carboxylic acids is 7. The van der Waals surface area contributed by atoms with Gasteiger partial charge >= 0.3 is 41.8 Å². The van der Waals surface area contributed by atoms with Gasteiger partial charge < -0.3 is 82.8 Å². The summed E-state index contributed by atoms with van der Waals surface area (Å²) in [5.74, 6) is -4.98. The highest BCUT2D eigenvalue weighted by atomic mass is 35.6. The van der Waals surface area contributed by atoms with Crippen LogP contribution in [0.2, 0.25) is 0 Å². The van der Waals surface area contributed by atoms with Gasteiger partial charge in [-0.2, -0.15) is 5.48 Å². The molecule has 3 heterocycles. The molecule has 0 amide bonds. The molecule has 1 aromatic carbocycles. The number of rotatable bonds is 17. The maximum atomic E-state index is 12.1. The zero-order chi connectivity index (χ0) is 54.2. The third-order valence-corrected chi connectivity index (χ3v) is 10.4. The molecule has 72 heavy (non-hydrogen) atoms. The molecular formula is C42H58Cl3N3O23S. The van der Waals surface area contributed by atoms with Crippen LogP contribution in [0.4, 0.5) is 5.69 Å². The van der Waals surface area contributed by atoms with Crippen LogP contribution in [0.3, 0.4) is 0 Å². The van der Waals surface area contributed by atoms with Crippen LogP contribution < -0.4 is 20.9 Å². The lowest BCUT2D eigenvalue weighted by Crippen LogP contribution is -2.66. The summed E-state index contributed by atoms with van der Waals surface area (Å²) in [7, 11) is 1.67. The van der Waals surface area contributed by atoms with Crippen molar-refractivity contribution in [1.82, 2.24) is 10.8 Å². The number of hydroxylamine groups is 1. The van der Waals surface area contributed by atoms with Gasteiger partial charge in [0.15, 0.2) is 48.0 Å². The minimum absolute atomic E-state index is 0.246. The van der Waals surface area contributed by atoms with Gasteiger partial charge in [0.2, 0.25) is 12.6 Å². The van der Waals surface area contributed by atoms with Gasteiger partial charge in [0, 0.05) is 61.2 Å². The van der Waals surface area contributed by atoms with Crippen LogP contribution >= 0.6 is 47.0 Å². The number of hydrogen-bond acceptors (Lipinski definition) is 25. The Labute approximate surface area is 432 Å². The summed E-state index contributed by atoms with van der Waals surface area (Å²) in [4.78, 5) is 87.0. The van der Waals surface area contributed by atoms with E-state index in [9.17, 15) is 48.9 Å². The summed E-state index contributed by atoms with van der Waals surface area (Å²) in [5, 5.41) is 38.2. The summed E-state index contributed by atoms with van der Waals surface area (Å²) >= 11 is 21.8. The average Bonchev–Trinajstić information content (AvgIpc) is 3.27. The summed E-state index contributed by atoms with van der Waals surface area (Å²) in [6, 6.07) is 6.49. The molecule has 3 saturated heterocycles. The maximum absolute atomic E-state index is 12.1. The molecule has 15 unspecified atom stereocenters. The van der Waals surface area contributed by atoms with E-state index in [0.717, 1.165) is 48.5 Å². The predicted octanol–water partition coefficient (Wildman–Crippen LogP) is 0.654. The van der Waals surface area contributed by atoms with Crippen LogP contribution in [-0.2, 0) is 90.5 Å². The molecular weight excluding hydrogens is 1050 g/mol. The van der Waals surface area contributed by atoms with E-state index in [1.54, 1.807) is 38.2 Å². The zero-order valence-corrected chi connectivity index (χ0v) is 43.2. The summed E-state index contributed by atoms with van der Waals surface area (Å²) in [6.07, 6.45) is -20.5. The Hall–Kier alpha value is -4.49. The number of aliphatic hydroxyl groups is 3. The van der Waals surface area contributed by atoms with Crippen molar-refractivity contribution in [2.24, 2.45) is 0 Å². The number of aliphatic hydroxyl groups excluding tert-OH is 3. The predicted molar refractivity (Wildman–Crippen MR) is 247 cm³/mol. The molecule has 0 aromatic heterocycles. The molecule has 6 N–H and O–H groups in total. The molecule has 3 aliphatic rings. The standard InChI is InChI=1S/C27H38N2O13S.C15H20Cl3NO10/c1-6-17-21(36-12(2)31)23(37-13(3)32)24(38-14(4)33)26(40-17)42-22-19(34)18(11-30)41-25(20(22)35)39-16-9-7-15(8-10-16)29-27(43)28-5;1-6(20)24-5-10-11(25-7(2)21)12(26-8(3)22)13(27-9(4)23)14(28-10)29-19-15(16,17)18/h7-10,17-26,30,34-35H,6,11H2,1-5H3,(H2,28,29,43);10-14,19H,5H2,1-4H3. The van der Waals surface area contributed by atoms with E-state index in [4.69, 9.17) is 109 Å². The Morgan fingerprint density at radius 3 is 1.50 bits per heavy atom. The molecule has 30 heteroatoms. The van der Waals surface area contributed by atoms with Crippen molar-refractivity contribution in [3.05, 3.63) is 24.3 Å². The fourth-order valence-electron chi connectivity index (χ4n) is 7.11. The molecule has 0 saturated carbocycles. The summed E-state index contributed by atoms with van der Waals surface area (Å²) in [5.41, 5.74) is 2.69. The van der Waals surface area contributed by atoms with Gasteiger partial charge in [-0.25, -0.2) is 0 Å². The van der Waals surface area contributed by atoms with Crippen LogP contribution in [0.1, 0.15) is 61.8 Å². The first-order valence-electron chi connectivity index (χ1n) is 21.7. The molecule has 26 nitrogen and oxygen atoms in total. The van der Waals surface area contributed by atoms with E-state index in [1.165, 1.54) is 0 Å². The fraction of sp³-hybridized carbons (Fsp3) is 0.667. The number of esters is 7. The fourth-order valence-corrected chi connectivity index (χ4v) is 7.36. The highest BCUT2D eigenvalue weighted by molar-refractivity contribution is 7.80. The molecule has 15 atom stereocenters. The second-order valence-electron chi connectivity index (χ2n) is 15.6. The molecule has 0 spiro atoms. The van der Waals surface area contributed by atoms with Gasteiger partial charge in [-0.3, -0.25) is 38.4 Å². The number of halogens is 3. The van der Waals surface area contributed by atoms with Crippen molar-refractivity contribution in [2.45, 2.75) is 158 Å². The minimum Gasteiger partial charge on any atom is -0.463 e. The van der Waals surface area contributed by atoms with Crippen LogP contribution in [0.5, 0.6) is 5.75 Å². The van der Waals surface area contributed by atoms with Gasteiger partial charge in [0.05, 0.1) is 6.61 Å². The van der Waals surface area contributed by atoms with Crippen molar-refractivity contribution in [2.75, 3.05) is 25.6 Å². The van der Waals surface area contributed by atoms with E-state index >= 15 is 0 Å². The van der Waals surface area contributed by atoms with Crippen molar-refractivity contribution < 1.29 is 111 Å². The summed E-state index contributed by atoms with van der Waals surface area (Å²) in [6.45, 7) is 8.43. The van der Waals surface area contributed by atoms with Gasteiger partial charge in [0.1, 0.15) is 49.0 Å². The van der Waals surface area contributed by atoms with Crippen molar-refractivity contribution in [3.63, 3.8) is 0 Å². The molecule has 1 aromatic rings. The molecule has 3 fully saturated rings. The van der Waals surface area contributed by atoms with Gasteiger partial charge in [-0.1, -0.05) is 41.7 Å². The lowest BCUT2D eigenvalue weighted by molar-refractivity contribution is -0.352. The number of carbonyl (C=O) groups is 7. The average molecular weight is 1110 g/mol. The highest BCUT2D eigenvalue weighted by Gasteiger charge is 2.56. The molecule has 406 valence electrons. The monoisotopic (exact) mass is 1110 g/mol. The molecule has 0 aliphatic carbocycles. The van der Waals surface area contributed by atoms with Gasteiger partial charge in [-0.05, 0) is 42.9 Å². The van der Waals surface area contributed by atoms with E-state index < -0.39 is 151 Å². The topological polar surface area (TPSA) is 336 Å². The number of hydrogen-bond donors (Lipinski definition) is 6. The second kappa shape index (κ2) is 28.8. The van der Waals surface area contributed by atoms with Crippen molar-refractivity contribution in [3.8, 4) is 5.75 Å². The highest BCUT2D eigenvalue weighted by Crippen LogP contribution is 2.35. The van der Waals surface area contributed by atoms with Crippen LogP contribution in [0.15, 0.2) is 24.3 Å². The molecule has 3 aliphatic heterocycles. The first kappa shape index (κ1) is 61.8. The lowest BCUT2D eigenvalue weighted by atomic mass is 9.95. The lowest BCUT2D eigenvalue weighted by Gasteiger charge is -2.47. The number of thiocarbonyl (C=S) groups is 1. The SMILES string of the molecule is CC(=O)OCC1OC(ONC(Cl)(Cl)Cl)C(OC(C)=O)C(OC(C)=O)C1OC(C)=O.CCC1OC(OC2C(O)C(CO)OC(Oc3ccc(NC(=S)NC)cc3)C2O)C(OC(C)=O)C(OC(C)=O)C1OC(C)=O. The number of alkyl halides is 3. The van der Waals surface area contributed by atoms with Gasteiger partial charge in [-0.15, -0.1) is 0 Å². The molecule has 4 rings (SSSR count). The van der Waals surface area contributed by atoms with Crippen molar-refractivity contribution in [1.29, 1.82) is 0 Å². The van der Waals surface area contributed by atoms with Gasteiger partial charge in [0.25, 0.3) is 3.92 Å². The largest absolute Gasteiger partial charge is 0.463 e.